The van der Waals surface area contributed by atoms with Gasteiger partial charge in [0.25, 0.3) is 5.91 Å². The number of aromatic nitrogens is 1. The van der Waals surface area contributed by atoms with Crippen molar-refractivity contribution in [2.24, 2.45) is 0 Å². The summed E-state index contributed by atoms with van der Waals surface area (Å²) in [5.74, 6) is 0.00625. The van der Waals surface area contributed by atoms with Gasteiger partial charge in [0, 0.05) is 36.3 Å². The summed E-state index contributed by atoms with van der Waals surface area (Å²) >= 11 is 3.42. The van der Waals surface area contributed by atoms with Crippen LogP contribution in [-0.4, -0.2) is 29.6 Å². The van der Waals surface area contributed by atoms with E-state index in [2.05, 4.69) is 33.5 Å². The molecule has 5 heteroatoms. The zero-order valence-corrected chi connectivity index (χ0v) is 12.3. The summed E-state index contributed by atoms with van der Waals surface area (Å²) in [6, 6.07) is 2.57. The minimum atomic E-state index is 0.00625. The fraction of sp³-hybridized carbons (Fsp3) is 0.615. The smallest absolute Gasteiger partial charge is 0.267 e. The van der Waals surface area contributed by atoms with Gasteiger partial charge in [0.2, 0.25) is 0 Å². The van der Waals surface area contributed by atoms with E-state index in [1.165, 1.54) is 12.8 Å². The molecular formula is C13H20BrN3O. The van der Waals surface area contributed by atoms with Crippen LogP contribution in [0.4, 0.5) is 0 Å². The van der Waals surface area contributed by atoms with E-state index < -0.39 is 0 Å². The zero-order chi connectivity index (χ0) is 13.0. The summed E-state index contributed by atoms with van der Waals surface area (Å²) < 4.78 is 2.95. The van der Waals surface area contributed by atoms with Gasteiger partial charge in [-0.15, -0.1) is 0 Å². The van der Waals surface area contributed by atoms with Crippen LogP contribution in [0.3, 0.4) is 0 Å². The van der Waals surface area contributed by atoms with Gasteiger partial charge in [-0.1, -0.05) is 6.92 Å². The highest BCUT2D eigenvalue weighted by Crippen LogP contribution is 2.18. The molecule has 4 nitrogen and oxygen atoms in total. The van der Waals surface area contributed by atoms with E-state index in [0.717, 1.165) is 29.7 Å². The Morgan fingerprint density at radius 1 is 1.50 bits per heavy atom. The molecule has 0 unspecified atom stereocenters. The van der Waals surface area contributed by atoms with Crippen molar-refractivity contribution in [2.75, 3.05) is 13.1 Å². The van der Waals surface area contributed by atoms with Gasteiger partial charge in [0.05, 0.1) is 0 Å². The molecule has 0 aliphatic heterocycles. The second kappa shape index (κ2) is 6.38. The maximum absolute atomic E-state index is 12.0. The van der Waals surface area contributed by atoms with Crippen LogP contribution in [0.25, 0.3) is 0 Å². The van der Waals surface area contributed by atoms with Gasteiger partial charge in [-0.25, -0.2) is 0 Å². The zero-order valence-electron chi connectivity index (χ0n) is 10.7. The topological polar surface area (TPSA) is 46.1 Å². The van der Waals surface area contributed by atoms with Crippen molar-refractivity contribution in [3.63, 3.8) is 0 Å². The molecule has 0 saturated heterocycles. The monoisotopic (exact) mass is 313 g/mol. The van der Waals surface area contributed by atoms with E-state index in [-0.39, 0.29) is 5.91 Å². The Bertz CT molecular complexity index is 412. The van der Waals surface area contributed by atoms with Gasteiger partial charge >= 0.3 is 0 Å². The summed E-state index contributed by atoms with van der Waals surface area (Å²) in [7, 11) is 0. The van der Waals surface area contributed by atoms with Crippen molar-refractivity contribution in [1.29, 1.82) is 0 Å². The number of rotatable bonds is 7. The Morgan fingerprint density at radius 3 is 2.94 bits per heavy atom. The van der Waals surface area contributed by atoms with Crippen molar-refractivity contribution in [1.82, 2.24) is 15.2 Å². The van der Waals surface area contributed by atoms with Crippen LogP contribution in [0, 0.1) is 0 Å². The molecule has 1 aromatic rings. The van der Waals surface area contributed by atoms with Crippen LogP contribution in [-0.2, 0) is 6.54 Å². The minimum absolute atomic E-state index is 0.00625. The molecule has 1 aromatic heterocycles. The first-order chi connectivity index (χ1) is 8.70. The highest BCUT2D eigenvalue weighted by Gasteiger charge is 2.19. The third-order valence-corrected chi connectivity index (χ3v) is 3.41. The molecule has 1 aliphatic rings. The lowest BCUT2D eigenvalue weighted by atomic mass is 10.3. The van der Waals surface area contributed by atoms with Gasteiger partial charge in [0.15, 0.2) is 0 Å². The van der Waals surface area contributed by atoms with E-state index in [4.69, 9.17) is 0 Å². The lowest BCUT2D eigenvalue weighted by Gasteiger charge is -2.09. The maximum atomic E-state index is 12.0. The molecule has 0 atom stereocenters. The molecule has 100 valence electrons. The molecule has 1 saturated carbocycles. The fourth-order valence-electron chi connectivity index (χ4n) is 1.92. The van der Waals surface area contributed by atoms with Crippen LogP contribution in [0.2, 0.25) is 0 Å². The van der Waals surface area contributed by atoms with Gasteiger partial charge in [-0.2, -0.15) is 0 Å². The van der Waals surface area contributed by atoms with Crippen molar-refractivity contribution in [3.8, 4) is 0 Å². The summed E-state index contributed by atoms with van der Waals surface area (Å²) in [6.07, 6.45) is 5.53. The van der Waals surface area contributed by atoms with Gasteiger partial charge in [-0.3, -0.25) is 4.79 Å². The standard InChI is InChI=1S/C13H20BrN3O/c1-2-7-17-9-10(14)8-12(17)13(18)16-6-5-15-11-3-4-11/h8-9,11,15H,2-7H2,1H3,(H,16,18). The Labute approximate surface area is 116 Å². The lowest BCUT2D eigenvalue weighted by molar-refractivity contribution is 0.0944. The third-order valence-electron chi connectivity index (χ3n) is 2.98. The maximum Gasteiger partial charge on any atom is 0.267 e. The first kappa shape index (κ1) is 13.6. The van der Waals surface area contributed by atoms with Crippen LogP contribution in [0.5, 0.6) is 0 Å². The number of carbonyl (C=O) groups excluding carboxylic acids is 1. The Hall–Kier alpha value is -0.810. The average molecular weight is 314 g/mol. The van der Waals surface area contributed by atoms with E-state index in [0.29, 0.717) is 12.6 Å². The predicted molar refractivity (Wildman–Crippen MR) is 75.8 cm³/mol. The number of hydrogen-bond acceptors (Lipinski definition) is 2. The second-order valence-corrected chi connectivity index (χ2v) is 5.64. The van der Waals surface area contributed by atoms with Crippen LogP contribution in [0.15, 0.2) is 16.7 Å². The molecule has 2 rings (SSSR count). The molecule has 0 bridgehead atoms. The van der Waals surface area contributed by atoms with E-state index >= 15 is 0 Å². The van der Waals surface area contributed by atoms with Gasteiger partial charge < -0.3 is 15.2 Å². The lowest BCUT2D eigenvalue weighted by Crippen LogP contribution is -2.33. The quantitative estimate of drug-likeness (QED) is 0.758. The first-order valence-corrected chi connectivity index (χ1v) is 7.37. The first-order valence-electron chi connectivity index (χ1n) is 6.58. The number of aryl methyl sites for hydroxylation is 1. The Balaban J connectivity index is 1.82. The largest absolute Gasteiger partial charge is 0.349 e. The number of carbonyl (C=O) groups is 1. The molecule has 1 amide bonds. The average Bonchev–Trinajstić information content (AvgIpc) is 3.09. The number of halogens is 1. The fourth-order valence-corrected chi connectivity index (χ4v) is 2.39. The number of amides is 1. The molecule has 0 aromatic carbocycles. The summed E-state index contributed by atoms with van der Waals surface area (Å²) in [6.45, 7) is 4.51. The number of nitrogens with one attached hydrogen (secondary N) is 2. The molecule has 1 heterocycles. The minimum Gasteiger partial charge on any atom is -0.349 e. The normalized spacial score (nSPS) is 14.8. The SMILES string of the molecule is CCCn1cc(Br)cc1C(=O)NCCNC1CC1. The summed E-state index contributed by atoms with van der Waals surface area (Å²) in [4.78, 5) is 12.0. The molecule has 18 heavy (non-hydrogen) atoms. The highest BCUT2D eigenvalue weighted by molar-refractivity contribution is 9.10. The van der Waals surface area contributed by atoms with Crippen LogP contribution in [0.1, 0.15) is 36.7 Å². The molecule has 0 spiro atoms. The van der Waals surface area contributed by atoms with E-state index in [9.17, 15) is 4.79 Å². The highest BCUT2D eigenvalue weighted by atomic mass is 79.9. The van der Waals surface area contributed by atoms with Crippen LogP contribution >= 0.6 is 15.9 Å². The van der Waals surface area contributed by atoms with Crippen molar-refractivity contribution in [3.05, 3.63) is 22.4 Å². The third kappa shape index (κ3) is 3.85. The molecule has 0 radical (unpaired) electrons. The number of hydrogen-bond donors (Lipinski definition) is 2. The summed E-state index contributed by atoms with van der Waals surface area (Å²) in [5.41, 5.74) is 0.732. The molecule has 1 aliphatic carbocycles. The van der Waals surface area contributed by atoms with E-state index in [1.807, 2.05) is 16.8 Å². The molecular weight excluding hydrogens is 294 g/mol. The van der Waals surface area contributed by atoms with Crippen LogP contribution < -0.4 is 10.6 Å². The molecule has 2 N–H and O–H groups in total. The van der Waals surface area contributed by atoms with Crippen molar-refractivity contribution in [2.45, 2.75) is 38.8 Å². The Kier molecular flexibility index (Phi) is 4.83. The Morgan fingerprint density at radius 2 is 2.28 bits per heavy atom. The predicted octanol–water partition coefficient (Wildman–Crippen LogP) is 2.14. The van der Waals surface area contributed by atoms with Gasteiger partial charge in [0.1, 0.15) is 5.69 Å². The van der Waals surface area contributed by atoms with Crippen molar-refractivity contribution < 1.29 is 4.79 Å². The molecule has 1 fully saturated rings. The van der Waals surface area contributed by atoms with E-state index in [1.54, 1.807) is 0 Å². The summed E-state index contributed by atoms with van der Waals surface area (Å²) in [5, 5.41) is 6.33. The van der Waals surface area contributed by atoms with Gasteiger partial charge in [-0.05, 0) is 41.3 Å². The number of nitrogens with zero attached hydrogens (tertiary/aromatic N) is 1. The van der Waals surface area contributed by atoms with Crippen molar-refractivity contribution >= 4 is 21.8 Å². The second-order valence-electron chi connectivity index (χ2n) is 4.72.